The van der Waals surface area contributed by atoms with Gasteiger partial charge in [0.25, 0.3) is 0 Å². The summed E-state index contributed by atoms with van der Waals surface area (Å²) < 4.78 is 5.70. The highest BCUT2D eigenvalue weighted by Crippen LogP contribution is 2.18. The van der Waals surface area contributed by atoms with Crippen LogP contribution in [0.4, 0.5) is 0 Å². The van der Waals surface area contributed by atoms with Crippen molar-refractivity contribution in [3.63, 3.8) is 0 Å². The molecule has 2 nitrogen and oxygen atoms in total. The van der Waals surface area contributed by atoms with Gasteiger partial charge in [0.2, 0.25) is 0 Å². The molecule has 16 heavy (non-hydrogen) atoms. The van der Waals surface area contributed by atoms with Crippen LogP contribution in [0.1, 0.15) is 30.4 Å². The van der Waals surface area contributed by atoms with E-state index < -0.39 is 0 Å². The largest absolute Gasteiger partial charge is 0.494 e. The van der Waals surface area contributed by atoms with E-state index in [4.69, 9.17) is 4.74 Å². The Morgan fingerprint density at radius 2 is 2.06 bits per heavy atom. The lowest BCUT2D eigenvalue weighted by Gasteiger charge is -2.08. The Kier molecular flexibility index (Phi) is 3.83. The number of ether oxygens (including phenoxy) is 1. The predicted octanol–water partition coefficient (Wildman–Crippen LogP) is 2.82. The molecule has 0 radical (unpaired) electrons. The Labute approximate surface area is 98.0 Å². The molecule has 1 fully saturated rings. The highest BCUT2D eigenvalue weighted by Gasteiger charge is 2.19. The second kappa shape index (κ2) is 5.35. The lowest BCUT2D eigenvalue weighted by Crippen LogP contribution is -2.19. The minimum Gasteiger partial charge on any atom is -0.494 e. The molecule has 0 saturated heterocycles. The maximum atomic E-state index is 5.70. The van der Waals surface area contributed by atoms with Gasteiger partial charge in [-0.25, -0.2) is 0 Å². The smallest absolute Gasteiger partial charge is 0.119 e. The summed E-state index contributed by atoms with van der Waals surface area (Å²) >= 11 is 0. The summed E-state index contributed by atoms with van der Waals surface area (Å²) in [6.07, 6.45) is 3.81. The third-order valence-electron chi connectivity index (χ3n) is 3.08. The summed E-state index contributed by atoms with van der Waals surface area (Å²) in [5, 5.41) is 3.48. The lowest BCUT2D eigenvalue weighted by atomic mass is 10.1. The van der Waals surface area contributed by atoms with Crippen molar-refractivity contribution in [1.82, 2.24) is 5.32 Å². The van der Waals surface area contributed by atoms with Crippen molar-refractivity contribution >= 4 is 0 Å². The predicted molar refractivity (Wildman–Crippen MR) is 67.1 cm³/mol. The number of benzene rings is 1. The SMILES string of the molecule is Cc1ccc(OCCCNC2CC2)cc1C. The van der Waals surface area contributed by atoms with Gasteiger partial charge in [0.05, 0.1) is 6.61 Å². The Bertz CT molecular complexity index is 345. The fourth-order valence-corrected chi connectivity index (χ4v) is 1.66. The number of rotatable bonds is 6. The van der Waals surface area contributed by atoms with E-state index in [0.29, 0.717) is 0 Å². The maximum absolute atomic E-state index is 5.70. The fourth-order valence-electron chi connectivity index (χ4n) is 1.66. The van der Waals surface area contributed by atoms with Gasteiger partial charge in [-0.15, -0.1) is 0 Å². The van der Waals surface area contributed by atoms with Gasteiger partial charge in [-0.2, -0.15) is 0 Å². The van der Waals surface area contributed by atoms with E-state index in [-0.39, 0.29) is 0 Å². The third kappa shape index (κ3) is 3.53. The number of hydrogen-bond acceptors (Lipinski definition) is 2. The average Bonchev–Trinajstić information content (AvgIpc) is 3.07. The highest BCUT2D eigenvalue weighted by atomic mass is 16.5. The minimum absolute atomic E-state index is 0.807. The molecule has 0 aliphatic heterocycles. The van der Waals surface area contributed by atoms with Crippen LogP contribution in [0.25, 0.3) is 0 Å². The second-order valence-corrected chi connectivity index (χ2v) is 4.68. The topological polar surface area (TPSA) is 21.3 Å². The first kappa shape index (κ1) is 11.5. The maximum Gasteiger partial charge on any atom is 0.119 e. The van der Waals surface area contributed by atoms with Gasteiger partial charge in [-0.3, -0.25) is 0 Å². The zero-order chi connectivity index (χ0) is 11.4. The molecule has 2 rings (SSSR count). The van der Waals surface area contributed by atoms with Crippen molar-refractivity contribution in [1.29, 1.82) is 0 Å². The first-order valence-electron chi connectivity index (χ1n) is 6.19. The number of nitrogens with one attached hydrogen (secondary N) is 1. The van der Waals surface area contributed by atoms with Gasteiger partial charge in [0, 0.05) is 6.04 Å². The van der Waals surface area contributed by atoms with Crippen LogP contribution in [0.15, 0.2) is 18.2 Å². The summed E-state index contributed by atoms with van der Waals surface area (Å²) in [6, 6.07) is 7.09. The fraction of sp³-hybridized carbons (Fsp3) is 0.571. The summed E-state index contributed by atoms with van der Waals surface area (Å²) in [6.45, 7) is 6.13. The van der Waals surface area contributed by atoms with Crippen molar-refractivity contribution in [2.45, 2.75) is 39.2 Å². The van der Waals surface area contributed by atoms with Crippen molar-refractivity contribution in [2.75, 3.05) is 13.2 Å². The molecule has 1 aliphatic carbocycles. The molecular formula is C14H21NO. The lowest BCUT2D eigenvalue weighted by molar-refractivity contribution is 0.308. The molecule has 0 atom stereocenters. The van der Waals surface area contributed by atoms with E-state index in [1.807, 2.05) is 0 Å². The zero-order valence-electron chi connectivity index (χ0n) is 10.3. The summed E-state index contributed by atoms with van der Waals surface area (Å²) in [5.41, 5.74) is 2.62. The van der Waals surface area contributed by atoms with E-state index in [9.17, 15) is 0 Å². The zero-order valence-corrected chi connectivity index (χ0v) is 10.3. The number of hydrogen-bond donors (Lipinski definition) is 1. The Morgan fingerprint density at radius 1 is 1.25 bits per heavy atom. The van der Waals surface area contributed by atoms with Crippen molar-refractivity contribution in [2.24, 2.45) is 0 Å². The van der Waals surface area contributed by atoms with Gasteiger partial charge >= 0.3 is 0 Å². The summed E-state index contributed by atoms with van der Waals surface area (Å²) in [4.78, 5) is 0. The molecule has 0 amide bonds. The molecule has 0 spiro atoms. The van der Waals surface area contributed by atoms with E-state index in [1.54, 1.807) is 0 Å². The van der Waals surface area contributed by atoms with Gasteiger partial charge in [-0.05, 0) is 62.9 Å². The molecular weight excluding hydrogens is 198 g/mol. The molecule has 1 aliphatic rings. The standard InChI is InChI=1S/C14H21NO/c1-11-4-7-14(10-12(11)2)16-9-3-8-15-13-5-6-13/h4,7,10,13,15H,3,5-6,8-9H2,1-2H3. The molecule has 1 aromatic carbocycles. The van der Waals surface area contributed by atoms with Crippen LogP contribution in [0, 0.1) is 13.8 Å². The molecule has 0 unspecified atom stereocenters. The average molecular weight is 219 g/mol. The summed E-state index contributed by atoms with van der Waals surface area (Å²) in [7, 11) is 0. The van der Waals surface area contributed by atoms with Crippen LogP contribution in [-0.2, 0) is 0 Å². The van der Waals surface area contributed by atoms with E-state index in [0.717, 1.165) is 31.4 Å². The van der Waals surface area contributed by atoms with Crippen molar-refractivity contribution < 1.29 is 4.74 Å². The Morgan fingerprint density at radius 3 is 2.75 bits per heavy atom. The van der Waals surface area contributed by atoms with Crippen LogP contribution < -0.4 is 10.1 Å². The quantitative estimate of drug-likeness (QED) is 0.743. The number of aryl methyl sites for hydroxylation is 2. The molecule has 0 aromatic heterocycles. The molecule has 1 aromatic rings. The van der Waals surface area contributed by atoms with Crippen LogP contribution in [-0.4, -0.2) is 19.2 Å². The van der Waals surface area contributed by atoms with Crippen molar-refractivity contribution in [3.8, 4) is 5.75 Å². The third-order valence-corrected chi connectivity index (χ3v) is 3.08. The molecule has 1 saturated carbocycles. The molecule has 0 bridgehead atoms. The Hall–Kier alpha value is -1.02. The first-order chi connectivity index (χ1) is 7.75. The minimum atomic E-state index is 0.807. The van der Waals surface area contributed by atoms with Gasteiger partial charge < -0.3 is 10.1 Å². The molecule has 0 heterocycles. The van der Waals surface area contributed by atoms with Gasteiger partial charge in [-0.1, -0.05) is 6.07 Å². The monoisotopic (exact) mass is 219 g/mol. The van der Waals surface area contributed by atoms with E-state index in [1.165, 1.54) is 24.0 Å². The molecule has 88 valence electrons. The normalized spacial score (nSPS) is 15.1. The first-order valence-corrected chi connectivity index (χ1v) is 6.19. The van der Waals surface area contributed by atoms with Crippen molar-refractivity contribution in [3.05, 3.63) is 29.3 Å². The van der Waals surface area contributed by atoms with Crippen LogP contribution in [0.2, 0.25) is 0 Å². The van der Waals surface area contributed by atoms with Crippen LogP contribution >= 0.6 is 0 Å². The van der Waals surface area contributed by atoms with Crippen LogP contribution in [0.5, 0.6) is 5.75 Å². The van der Waals surface area contributed by atoms with Crippen LogP contribution in [0.3, 0.4) is 0 Å². The van der Waals surface area contributed by atoms with E-state index >= 15 is 0 Å². The van der Waals surface area contributed by atoms with Gasteiger partial charge in [0.15, 0.2) is 0 Å². The Balaban J connectivity index is 1.65. The molecule has 1 N–H and O–H groups in total. The highest BCUT2D eigenvalue weighted by molar-refractivity contribution is 5.33. The van der Waals surface area contributed by atoms with Gasteiger partial charge in [0.1, 0.15) is 5.75 Å². The van der Waals surface area contributed by atoms with E-state index in [2.05, 4.69) is 37.4 Å². The summed E-state index contributed by atoms with van der Waals surface area (Å²) in [5.74, 6) is 0.995. The second-order valence-electron chi connectivity index (χ2n) is 4.68. The molecule has 2 heteroatoms.